The summed E-state index contributed by atoms with van der Waals surface area (Å²) in [5, 5.41) is 8.53. The van der Waals surface area contributed by atoms with Gasteiger partial charge in [-0.15, -0.1) is 0 Å². The van der Waals surface area contributed by atoms with Gasteiger partial charge in [-0.2, -0.15) is 9.78 Å². The number of hydrogen-bond acceptors (Lipinski definition) is 8. The van der Waals surface area contributed by atoms with Crippen molar-refractivity contribution >= 4 is 28.7 Å². The zero-order valence-corrected chi connectivity index (χ0v) is 24.0. The zero-order chi connectivity index (χ0) is 27.3. The molecule has 40 heavy (non-hydrogen) atoms. The van der Waals surface area contributed by atoms with Crippen molar-refractivity contribution in [2.24, 2.45) is 0 Å². The van der Waals surface area contributed by atoms with Crippen molar-refractivity contribution in [2.45, 2.75) is 70.3 Å². The minimum Gasteiger partial charge on any atom is -0.357 e. The maximum Gasteiger partial charge on any atom is 0.272 e. The number of likely N-dealkylation sites (tertiary alicyclic amines) is 3. The van der Waals surface area contributed by atoms with Crippen LogP contribution in [0.2, 0.25) is 0 Å². The summed E-state index contributed by atoms with van der Waals surface area (Å²) >= 11 is 0. The highest BCUT2D eigenvalue weighted by Crippen LogP contribution is 2.24. The van der Waals surface area contributed by atoms with E-state index in [1.165, 1.54) is 43.5 Å². The van der Waals surface area contributed by atoms with Gasteiger partial charge in [0.1, 0.15) is 5.82 Å². The molecule has 1 amide bonds. The van der Waals surface area contributed by atoms with E-state index in [1.54, 1.807) is 0 Å². The van der Waals surface area contributed by atoms with Crippen molar-refractivity contribution in [2.75, 3.05) is 76.9 Å². The summed E-state index contributed by atoms with van der Waals surface area (Å²) < 4.78 is 1.41. The van der Waals surface area contributed by atoms with Crippen LogP contribution in [0.1, 0.15) is 79.5 Å². The summed E-state index contributed by atoms with van der Waals surface area (Å²) in [7, 11) is 0. The number of anilines is 1. The van der Waals surface area contributed by atoms with Crippen LogP contribution in [0.25, 0.3) is 11.0 Å². The Hall–Kier alpha value is -2.56. The van der Waals surface area contributed by atoms with Gasteiger partial charge in [-0.1, -0.05) is 12.8 Å². The molecule has 4 saturated heterocycles. The Bertz CT molecular complexity index is 1150. The summed E-state index contributed by atoms with van der Waals surface area (Å²) in [5.74, 6) is 0.563. The second kappa shape index (κ2) is 13.0. The van der Waals surface area contributed by atoms with E-state index in [0.717, 1.165) is 96.7 Å². The average Bonchev–Trinajstić information content (AvgIpc) is 3.71. The van der Waals surface area contributed by atoms with E-state index in [1.807, 2.05) is 12.1 Å². The first kappa shape index (κ1) is 27.6. The predicted octanol–water partition coefficient (Wildman–Crippen LogP) is 2.84. The fourth-order valence-electron chi connectivity index (χ4n) is 6.85. The van der Waals surface area contributed by atoms with Crippen molar-refractivity contribution in [1.82, 2.24) is 34.8 Å². The third-order valence-corrected chi connectivity index (χ3v) is 9.31. The van der Waals surface area contributed by atoms with E-state index in [2.05, 4.69) is 30.0 Å². The summed E-state index contributed by atoms with van der Waals surface area (Å²) in [6.07, 6.45) is 11.6. The predicted molar refractivity (Wildman–Crippen MR) is 157 cm³/mol. The number of piperidine rings is 1. The summed E-state index contributed by atoms with van der Waals surface area (Å²) in [5.41, 5.74) is 0.823. The maximum absolute atomic E-state index is 13.6. The minimum absolute atomic E-state index is 0.113. The number of nitrogens with zero attached hydrogens (tertiary/aromatic N) is 7. The molecule has 6 rings (SSSR count). The number of amides is 1. The highest BCUT2D eigenvalue weighted by atomic mass is 16.2. The Balaban J connectivity index is 1.16. The topological polar surface area (TPSA) is 89.8 Å². The molecule has 4 fully saturated rings. The molecule has 0 bridgehead atoms. The first-order chi connectivity index (χ1) is 19.6. The van der Waals surface area contributed by atoms with E-state index in [4.69, 9.17) is 4.98 Å². The molecular weight excluding hydrogens is 504 g/mol. The first-order valence-electron chi connectivity index (χ1n) is 15.8. The van der Waals surface area contributed by atoms with Crippen LogP contribution >= 0.6 is 0 Å². The molecule has 2 aromatic rings. The van der Waals surface area contributed by atoms with Crippen LogP contribution in [0.4, 0.5) is 5.82 Å². The van der Waals surface area contributed by atoms with Gasteiger partial charge < -0.3 is 20.0 Å². The van der Waals surface area contributed by atoms with E-state index >= 15 is 0 Å². The molecule has 0 atom stereocenters. The van der Waals surface area contributed by atoms with Gasteiger partial charge in [-0.3, -0.25) is 14.5 Å². The molecule has 1 N–H and O–H groups in total. The van der Waals surface area contributed by atoms with Crippen molar-refractivity contribution in [3.8, 4) is 0 Å². The second-order valence-corrected chi connectivity index (χ2v) is 12.2. The Kier molecular flexibility index (Phi) is 8.94. The van der Waals surface area contributed by atoms with Crippen LogP contribution in [0.3, 0.4) is 0 Å². The maximum atomic E-state index is 13.6. The Morgan fingerprint density at radius 3 is 2.02 bits per heavy atom. The van der Waals surface area contributed by atoms with Crippen LogP contribution in [-0.2, 0) is 0 Å². The Labute approximate surface area is 238 Å². The summed E-state index contributed by atoms with van der Waals surface area (Å²) in [4.78, 5) is 41.5. The molecule has 0 unspecified atom stereocenters. The minimum atomic E-state index is -0.197. The average molecular weight is 551 g/mol. The fraction of sp³-hybridized carbons (Fsp3) is 0.733. The number of carbonyl (C=O) groups excluding carboxylic acids is 2. The molecule has 10 heteroatoms. The monoisotopic (exact) mass is 550 g/mol. The molecule has 0 radical (unpaired) electrons. The number of pyridine rings is 1. The zero-order valence-electron chi connectivity index (χ0n) is 24.0. The Morgan fingerprint density at radius 1 is 0.750 bits per heavy atom. The van der Waals surface area contributed by atoms with Crippen molar-refractivity contribution < 1.29 is 9.59 Å². The molecule has 4 aliphatic heterocycles. The smallest absolute Gasteiger partial charge is 0.272 e. The molecule has 6 heterocycles. The van der Waals surface area contributed by atoms with E-state index in [-0.39, 0.29) is 17.9 Å². The van der Waals surface area contributed by atoms with E-state index in [9.17, 15) is 9.59 Å². The van der Waals surface area contributed by atoms with Crippen LogP contribution < -0.4 is 10.2 Å². The third kappa shape index (κ3) is 6.50. The van der Waals surface area contributed by atoms with Gasteiger partial charge in [0.2, 0.25) is 0 Å². The lowest BCUT2D eigenvalue weighted by atomic mass is 10.0. The molecule has 0 saturated carbocycles. The SMILES string of the molecule is O=C(NC1CCN(CCN2CCCC2)CC1)c1nn(C(=O)CN2CCCC2)c2nc(N3CCCCCC3)ccc12. The van der Waals surface area contributed by atoms with Crippen LogP contribution in [0.5, 0.6) is 0 Å². The number of carbonyl (C=O) groups is 2. The molecule has 218 valence electrons. The normalized spacial score (nSPS) is 22.2. The number of fused-ring (bicyclic) bond motifs is 1. The summed E-state index contributed by atoms with van der Waals surface area (Å²) in [6.45, 7) is 10.9. The lowest BCUT2D eigenvalue weighted by Crippen LogP contribution is -2.46. The van der Waals surface area contributed by atoms with Crippen molar-refractivity contribution in [3.05, 3.63) is 17.8 Å². The van der Waals surface area contributed by atoms with Gasteiger partial charge in [-0.05, 0) is 89.7 Å². The highest BCUT2D eigenvalue weighted by molar-refractivity contribution is 6.06. The lowest BCUT2D eigenvalue weighted by Gasteiger charge is -2.33. The molecule has 0 spiro atoms. The van der Waals surface area contributed by atoms with Gasteiger partial charge in [0.05, 0.1) is 11.9 Å². The molecular formula is C30H46N8O2. The second-order valence-electron chi connectivity index (χ2n) is 12.2. The third-order valence-electron chi connectivity index (χ3n) is 9.31. The van der Waals surface area contributed by atoms with E-state index < -0.39 is 0 Å². The van der Waals surface area contributed by atoms with E-state index in [0.29, 0.717) is 23.3 Å². The Morgan fingerprint density at radius 2 is 1.35 bits per heavy atom. The number of aromatic nitrogens is 3. The molecule has 2 aromatic heterocycles. The summed E-state index contributed by atoms with van der Waals surface area (Å²) in [6, 6.07) is 4.08. The number of hydrogen-bond donors (Lipinski definition) is 1. The standard InChI is InChI=1S/C30H46N8O2/c39-27(23-36-15-7-8-16-36)38-29-25(9-10-26(32-29)37-17-3-1-2-4-18-37)28(33-38)30(40)31-24-11-19-35(20-12-24)22-21-34-13-5-6-14-34/h9-10,24H,1-8,11-23H2,(H,31,40). The van der Waals surface area contributed by atoms with Gasteiger partial charge in [0.15, 0.2) is 11.3 Å². The first-order valence-corrected chi connectivity index (χ1v) is 15.8. The molecule has 4 aliphatic rings. The van der Waals surface area contributed by atoms with Crippen LogP contribution in [0.15, 0.2) is 12.1 Å². The molecule has 0 aliphatic carbocycles. The molecule has 0 aromatic carbocycles. The number of nitrogens with one attached hydrogen (secondary N) is 1. The fourth-order valence-corrected chi connectivity index (χ4v) is 6.85. The van der Waals surface area contributed by atoms with Gasteiger partial charge >= 0.3 is 0 Å². The van der Waals surface area contributed by atoms with Gasteiger partial charge in [0.25, 0.3) is 11.8 Å². The van der Waals surface area contributed by atoms with Gasteiger partial charge in [0, 0.05) is 45.3 Å². The lowest BCUT2D eigenvalue weighted by molar-refractivity contribution is 0.0850. The van der Waals surface area contributed by atoms with Gasteiger partial charge in [-0.25, -0.2) is 4.98 Å². The molecule has 10 nitrogen and oxygen atoms in total. The number of rotatable bonds is 8. The highest BCUT2D eigenvalue weighted by Gasteiger charge is 2.28. The largest absolute Gasteiger partial charge is 0.357 e. The van der Waals surface area contributed by atoms with Crippen molar-refractivity contribution in [3.63, 3.8) is 0 Å². The quantitative estimate of drug-likeness (QED) is 0.537. The van der Waals surface area contributed by atoms with Crippen molar-refractivity contribution in [1.29, 1.82) is 0 Å². The van der Waals surface area contributed by atoms with Crippen LogP contribution in [-0.4, -0.2) is 119 Å². The van der Waals surface area contributed by atoms with Crippen LogP contribution in [0, 0.1) is 0 Å².